The molecule has 0 radical (unpaired) electrons. The van der Waals surface area contributed by atoms with Crippen LogP contribution in [0.3, 0.4) is 0 Å². The Morgan fingerprint density at radius 2 is 2.26 bits per heavy atom. The first-order valence-corrected chi connectivity index (χ1v) is 7.28. The van der Waals surface area contributed by atoms with Crippen molar-refractivity contribution in [3.05, 3.63) is 38.3 Å². The first-order valence-electron chi connectivity index (χ1n) is 5.29. The van der Waals surface area contributed by atoms with E-state index in [1.165, 1.54) is 18.4 Å². The highest BCUT2D eigenvalue weighted by atomic mass is 79.9. The number of aromatic nitrogens is 1. The van der Waals surface area contributed by atoms with Gasteiger partial charge < -0.3 is 10.1 Å². The number of aryl methyl sites for hydroxylation is 1. The van der Waals surface area contributed by atoms with Gasteiger partial charge in [-0.1, -0.05) is 27.5 Å². The molecule has 7 heteroatoms. The fraction of sp³-hybridized carbons (Fsp3) is 0.167. The Balaban J connectivity index is 2.29. The maximum atomic E-state index is 11.5. The third-order valence-corrected chi connectivity index (χ3v) is 4.05. The van der Waals surface area contributed by atoms with Crippen LogP contribution in [0.25, 0.3) is 0 Å². The summed E-state index contributed by atoms with van der Waals surface area (Å²) in [4.78, 5) is 16.5. The molecule has 0 atom stereocenters. The van der Waals surface area contributed by atoms with Crippen LogP contribution in [-0.2, 0) is 4.74 Å². The molecule has 0 spiro atoms. The number of nitrogens with one attached hydrogen (secondary N) is 1. The molecule has 0 aliphatic rings. The number of halogens is 2. The van der Waals surface area contributed by atoms with Crippen molar-refractivity contribution < 1.29 is 9.53 Å². The number of nitrogens with zero attached hydrogens (tertiary/aromatic N) is 1. The van der Waals surface area contributed by atoms with Gasteiger partial charge in [-0.2, -0.15) is 0 Å². The van der Waals surface area contributed by atoms with Gasteiger partial charge in [-0.15, -0.1) is 11.3 Å². The second-order valence-electron chi connectivity index (χ2n) is 3.66. The van der Waals surface area contributed by atoms with Crippen LogP contribution in [0.1, 0.15) is 15.4 Å². The molecule has 2 aromatic rings. The Hall–Kier alpha value is -1.11. The summed E-state index contributed by atoms with van der Waals surface area (Å²) in [6.45, 7) is 1.82. The van der Waals surface area contributed by atoms with Crippen LogP contribution in [0, 0.1) is 6.92 Å². The van der Waals surface area contributed by atoms with Crippen LogP contribution in [0.2, 0.25) is 5.02 Å². The molecule has 0 saturated carbocycles. The molecule has 1 aromatic heterocycles. The molecule has 2 rings (SSSR count). The maximum Gasteiger partial charge on any atom is 0.357 e. The highest BCUT2D eigenvalue weighted by Crippen LogP contribution is 2.31. The van der Waals surface area contributed by atoms with Crippen LogP contribution in [0.4, 0.5) is 10.8 Å². The third kappa shape index (κ3) is 3.26. The number of carbonyl (C=O) groups is 1. The van der Waals surface area contributed by atoms with Crippen molar-refractivity contribution in [2.24, 2.45) is 0 Å². The molecule has 0 saturated heterocycles. The topological polar surface area (TPSA) is 51.2 Å². The lowest BCUT2D eigenvalue weighted by molar-refractivity contribution is 0.0594. The number of rotatable bonds is 3. The second-order valence-corrected chi connectivity index (χ2v) is 6.19. The first kappa shape index (κ1) is 14.3. The largest absolute Gasteiger partial charge is 0.464 e. The van der Waals surface area contributed by atoms with Gasteiger partial charge in [-0.3, -0.25) is 0 Å². The Kier molecular flexibility index (Phi) is 4.44. The summed E-state index contributed by atoms with van der Waals surface area (Å²) in [6.07, 6.45) is 0. The lowest BCUT2D eigenvalue weighted by Crippen LogP contribution is -2.03. The van der Waals surface area contributed by atoms with Gasteiger partial charge in [0, 0.05) is 9.35 Å². The predicted molar refractivity (Wildman–Crippen MR) is 80.6 cm³/mol. The standard InChI is InChI=1S/C12H10BrClN2O2S/c1-6-10(11(17)18-2)16-12(19-6)15-9-5-7(13)3-4-8(9)14/h3-5H,1-2H3,(H,15,16). The number of anilines is 2. The van der Waals surface area contributed by atoms with Gasteiger partial charge in [-0.05, 0) is 25.1 Å². The van der Waals surface area contributed by atoms with Gasteiger partial charge in [0.1, 0.15) is 0 Å². The fourth-order valence-corrected chi connectivity index (χ4v) is 2.78. The smallest absolute Gasteiger partial charge is 0.357 e. The molecule has 0 fully saturated rings. The second kappa shape index (κ2) is 5.90. The summed E-state index contributed by atoms with van der Waals surface area (Å²) in [6, 6.07) is 5.47. The summed E-state index contributed by atoms with van der Waals surface area (Å²) in [5.74, 6) is -0.442. The van der Waals surface area contributed by atoms with E-state index in [-0.39, 0.29) is 0 Å². The highest BCUT2D eigenvalue weighted by Gasteiger charge is 2.16. The van der Waals surface area contributed by atoms with E-state index in [1.54, 1.807) is 6.07 Å². The Morgan fingerprint density at radius 3 is 2.95 bits per heavy atom. The molecule has 1 aromatic carbocycles. The first-order chi connectivity index (χ1) is 9.01. The Bertz CT molecular complexity index is 630. The molecule has 1 heterocycles. The minimum atomic E-state index is -0.442. The van der Waals surface area contributed by atoms with Crippen molar-refractivity contribution in [1.29, 1.82) is 0 Å². The molecular weight excluding hydrogens is 352 g/mol. The molecule has 100 valence electrons. The Morgan fingerprint density at radius 1 is 1.53 bits per heavy atom. The fourth-order valence-electron chi connectivity index (χ4n) is 1.44. The SMILES string of the molecule is COC(=O)c1nc(Nc2cc(Br)ccc2Cl)sc1C. The summed E-state index contributed by atoms with van der Waals surface area (Å²) < 4.78 is 5.57. The van der Waals surface area contributed by atoms with Crippen molar-refractivity contribution in [2.45, 2.75) is 6.92 Å². The average Bonchev–Trinajstić information content (AvgIpc) is 2.74. The van der Waals surface area contributed by atoms with E-state index in [0.717, 1.165) is 15.0 Å². The number of hydrogen-bond acceptors (Lipinski definition) is 5. The van der Waals surface area contributed by atoms with Crippen molar-refractivity contribution in [3.63, 3.8) is 0 Å². The number of carbonyl (C=O) groups excluding carboxylic acids is 1. The van der Waals surface area contributed by atoms with Gasteiger partial charge in [-0.25, -0.2) is 9.78 Å². The van der Waals surface area contributed by atoms with Crippen LogP contribution in [0.15, 0.2) is 22.7 Å². The molecule has 0 amide bonds. The monoisotopic (exact) mass is 360 g/mol. The van der Waals surface area contributed by atoms with Crippen molar-refractivity contribution in [1.82, 2.24) is 4.98 Å². The van der Waals surface area contributed by atoms with Crippen LogP contribution >= 0.6 is 38.9 Å². The summed E-state index contributed by atoms with van der Waals surface area (Å²) in [7, 11) is 1.33. The predicted octanol–water partition coefficient (Wildman–Crippen LogP) is 4.40. The number of benzene rings is 1. The van der Waals surface area contributed by atoms with Crippen LogP contribution in [0.5, 0.6) is 0 Å². The van der Waals surface area contributed by atoms with E-state index in [4.69, 9.17) is 11.6 Å². The minimum absolute atomic E-state index is 0.320. The lowest BCUT2D eigenvalue weighted by Gasteiger charge is -2.05. The lowest BCUT2D eigenvalue weighted by atomic mass is 10.3. The molecule has 1 N–H and O–H groups in total. The number of esters is 1. The molecule has 0 unspecified atom stereocenters. The minimum Gasteiger partial charge on any atom is -0.464 e. The molecule has 0 bridgehead atoms. The molecular formula is C12H10BrClN2O2S. The van der Waals surface area contributed by atoms with E-state index in [1.807, 2.05) is 19.1 Å². The zero-order valence-electron chi connectivity index (χ0n) is 10.2. The van der Waals surface area contributed by atoms with Crippen molar-refractivity contribution >= 4 is 55.7 Å². The van der Waals surface area contributed by atoms with Gasteiger partial charge in [0.2, 0.25) is 0 Å². The summed E-state index contributed by atoms with van der Waals surface area (Å²) >= 11 is 10.8. The molecule has 19 heavy (non-hydrogen) atoms. The van der Waals surface area contributed by atoms with Crippen LogP contribution in [-0.4, -0.2) is 18.1 Å². The number of ether oxygens (including phenoxy) is 1. The van der Waals surface area contributed by atoms with Crippen molar-refractivity contribution in [2.75, 3.05) is 12.4 Å². The summed E-state index contributed by atoms with van der Waals surface area (Å²) in [5.41, 5.74) is 1.04. The van der Waals surface area contributed by atoms with E-state index >= 15 is 0 Å². The Labute approximate surface area is 127 Å². The van der Waals surface area contributed by atoms with Crippen LogP contribution < -0.4 is 5.32 Å². The van der Waals surface area contributed by atoms with Crippen molar-refractivity contribution in [3.8, 4) is 0 Å². The van der Waals surface area contributed by atoms with Gasteiger partial charge in [0.25, 0.3) is 0 Å². The van der Waals surface area contributed by atoms with E-state index in [0.29, 0.717) is 15.8 Å². The maximum absolute atomic E-state index is 11.5. The number of thiazole rings is 1. The molecule has 0 aliphatic heterocycles. The number of hydrogen-bond donors (Lipinski definition) is 1. The van der Waals surface area contributed by atoms with Gasteiger partial charge >= 0.3 is 5.97 Å². The summed E-state index contributed by atoms with van der Waals surface area (Å²) in [5, 5.41) is 4.27. The van der Waals surface area contributed by atoms with E-state index in [9.17, 15) is 4.79 Å². The third-order valence-electron chi connectivity index (χ3n) is 2.35. The zero-order chi connectivity index (χ0) is 14.0. The average molecular weight is 362 g/mol. The normalized spacial score (nSPS) is 10.3. The molecule has 4 nitrogen and oxygen atoms in total. The quantitative estimate of drug-likeness (QED) is 0.823. The number of methoxy groups -OCH3 is 1. The van der Waals surface area contributed by atoms with E-state index < -0.39 is 5.97 Å². The van der Waals surface area contributed by atoms with E-state index in [2.05, 4.69) is 31.0 Å². The zero-order valence-corrected chi connectivity index (χ0v) is 13.3. The highest BCUT2D eigenvalue weighted by molar-refractivity contribution is 9.10. The van der Waals surface area contributed by atoms with Gasteiger partial charge in [0.05, 0.1) is 17.8 Å². The van der Waals surface area contributed by atoms with Gasteiger partial charge in [0.15, 0.2) is 10.8 Å². The molecule has 0 aliphatic carbocycles.